The van der Waals surface area contributed by atoms with E-state index in [0.29, 0.717) is 17.0 Å². The van der Waals surface area contributed by atoms with E-state index < -0.39 is 5.97 Å². The molecule has 7 heteroatoms. The average molecular weight is 246 g/mol. The summed E-state index contributed by atoms with van der Waals surface area (Å²) in [4.78, 5) is 10.6. The number of carbonyl (C=O) groups is 1. The molecule has 1 aromatic heterocycles. The Kier molecular flexibility index (Phi) is 3.33. The number of hydrogen-bond donors (Lipinski definition) is 1. The molecule has 0 bridgehead atoms. The molecule has 92 valence electrons. The molecule has 1 aromatic carbocycles. The monoisotopic (exact) mass is 246 g/mol. The Hall–Kier alpha value is -2.70. The molecular formula is C11H10N4O3. The van der Waals surface area contributed by atoms with Crippen LogP contribution >= 0.6 is 0 Å². The molecule has 0 aliphatic rings. The Morgan fingerprint density at radius 2 is 2.33 bits per heavy atom. The van der Waals surface area contributed by atoms with Crippen LogP contribution in [0.1, 0.15) is 5.56 Å². The highest BCUT2D eigenvalue weighted by atomic mass is 16.5. The van der Waals surface area contributed by atoms with Crippen LogP contribution in [0, 0.1) is 0 Å². The third-order valence-corrected chi connectivity index (χ3v) is 2.24. The molecule has 0 fully saturated rings. The lowest BCUT2D eigenvalue weighted by Crippen LogP contribution is -1.99. The van der Waals surface area contributed by atoms with Gasteiger partial charge in [-0.25, -0.2) is 4.79 Å². The number of benzene rings is 1. The fourth-order valence-corrected chi connectivity index (χ4v) is 1.43. The van der Waals surface area contributed by atoms with Gasteiger partial charge in [-0.15, -0.1) is 5.10 Å². The molecule has 0 aliphatic carbocycles. The van der Waals surface area contributed by atoms with Gasteiger partial charge in [0.1, 0.15) is 12.1 Å². The van der Waals surface area contributed by atoms with E-state index in [1.165, 1.54) is 24.2 Å². The van der Waals surface area contributed by atoms with E-state index in [2.05, 4.69) is 15.5 Å². The summed E-state index contributed by atoms with van der Waals surface area (Å²) in [7, 11) is 1.54. The zero-order chi connectivity index (χ0) is 13.0. The standard InChI is InChI=1S/C11H10N4O3/c1-18-9-3-4-10(15-7-12-13-14-15)8(6-9)2-5-11(16)17/h2-7H,1H3,(H,16,17)/b5-2+. The molecule has 0 spiro atoms. The van der Waals surface area contributed by atoms with Crippen molar-refractivity contribution in [2.45, 2.75) is 0 Å². The van der Waals surface area contributed by atoms with Crippen LogP contribution in [0.3, 0.4) is 0 Å². The van der Waals surface area contributed by atoms with E-state index in [1.807, 2.05) is 0 Å². The predicted octanol–water partition coefficient (Wildman–Crippen LogP) is 0.769. The van der Waals surface area contributed by atoms with E-state index in [0.717, 1.165) is 6.08 Å². The van der Waals surface area contributed by atoms with Crippen LogP contribution in [0.2, 0.25) is 0 Å². The van der Waals surface area contributed by atoms with Crippen LogP contribution in [0.15, 0.2) is 30.6 Å². The van der Waals surface area contributed by atoms with Crippen molar-refractivity contribution in [1.82, 2.24) is 20.2 Å². The van der Waals surface area contributed by atoms with Crippen LogP contribution in [0.4, 0.5) is 0 Å². The van der Waals surface area contributed by atoms with E-state index in [9.17, 15) is 4.79 Å². The van der Waals surface area contributed by atoms with Crippen molar-refractivity contribution in [2.24, 2.45) is 0 Å². The molecule has 7 nitrogen and oxygen atoms in total. The molecular weight excluding hydrogens is 236 g/mol. The van der Waals surface area contributed by atoms with Crippen LogP contribution < -0.4 is 4.74 Å². The summed E-state index contributed by atoms with van der Waals surface area (Å²) < 4.78 is 6.54. The third kappa shape index (κ3) is 2.51. The molecule has 18 heavy (non-hydrogen) atoms. The maximum absolute atomic E-state index is 10.6. The normalized spacial score (nSPS) is 10.7. The SMILES string of the molecule is COc1ccc(-n2cnnn2)c(/C=C/C(=O)O)c1. The van der Waals surface area contributed by atoms with Gasteiger partial charge in [0.15, 0.2) is 0 Å². The van der Waals surface area contributed by atoms with Gasteiger partial charge in [0.25, 0.3) is 0 Å². The second-order valence-electron chi connectivity index (χ2n) is 3.35. The summed E-state index contributed by atoms with van der Waals surface area (Å²) in [5.74, 6) is -0.405. The molecule has 2 aromatic rings. The molecule has 0 saturated heterocycles. The van der Waals surface area contributed by atoms with Crippen molar-refractivity contribution in [3.8, 4) is 11.4 Å². The van der Waals surface area contributed by atoms with Crippen LogP contribution in [0.25, 0.3) is 11.8 Å². The first-order valence-corrected chi connectivity index (χ1v) is 5.03. The minimum absolute atomic E-state index is 0.622. The van der Waals surface area contributed by atoms with Gasteiger partial charge in [0, 0.05) is 11.6 Å². The number of aliphatic carboxylic acids is 1. The molecule has 0 aliphatic heterocycles. The second-order valence-corrected chi connectivity index (χ2v) is 3.35. The van der Waals surface area contributed by atoms with Crippen molar-refractivity contribution >= 4 is 12.0 Å². The van der Waals surface area contributed by atoms with Crippen LogP contribution in [0.5, 0.6) is 5.75 Å². The number of methoxy groups -OCH3 is 1. The minimum atomic E-state index is -1.03. The van der Waals surface area contributed by atoms with Gasteiger partial charge in [-0.3, -0.25) is 0 Å². The first-order chi connectivity index (χ1) is 8.70. The fourth-order valence-electron chi connectivity index (χ4n) is 1.43. The molecule has 0 radical (unpaired) electrons. The van der Waals surface area contributed by atoms with E-state index in [-0.39, 0.29) is 0 Å². The summed E-state index contributed by atoms with van der Waals surface area (Å²) in [6.45, 7) is 0. The number of hydrogen-bond acceptors (Lipinski definition) is 5. The predicted molar refractivity (Wildman–Crippen MR) is 62.4 cm³/mol. The van der Waals surface area contributed by atoms with Crippen LogP contribution in [-0.2, 0) is 4.79 Å². The molecule has 1 heterocycles. The van der Waals surface area contributed by atoms with Gasteiger partial charge in [-0.05, 0) is 34.7 Å². The third-order valence-electron chi connectivity index (χ3n) is 2.24. The average Bonchev–Trinajstić information content (AvgIpc) is 2.89. The number of ether oxygens (including phenoxy) is 1. The topological polar surface area (TPSA) is 90.1 Å². The largest absolute Gasteiger partial charge is 0.497 e. The Balaban J connectivity index is 2.48. The number of aromatic nitrogens is 4. The van der Waals surface area contributed by atoms with Crippen LogP contribution in [-0.4, -0.2) is 38.4 Å². The van der Waals surface area contributed by atoms with E-state index in [1.54, 1.807) is 18.2 Å². The van der Waals surface area contributed by atoms with Gasteiger partial charge in [0.05, 0.1) is 12.8 Å². The maximum atomic E-state index is 10.6. The van der Waals surface area contributed by atoms with Crippen molar-refractivity contribution in [3.63, 3.8) is 0 Å². The number of carboxylic acid groups (broad SMARTS) is 1. The molecule has 0 atom stereocenters. The Morgan fingerprint density at radius 1 is 1.50 bits per heavy atom. The smallest absolute Gasteiger partial charge is 0.328 e. The quantitative estimate of drug-likeness (QED) is 0.801. The molecule has 2 rings (SSSR count). The molecule has 0 saturated carbocycles. The summed E-state index contributed by atoms with van der Waals surface area (Å²) in [5, 5.41) is 19.5. The second kappa shape index (κ2) is 5.09. The molecule has 0 unspecified atom stereocenters. The van der Waals surface area contributed by atoms with Gasteiger partial charge in [0.2, 0.25) is 0 Å². The first-order valence-electron chi connectivity index (χ1n) is 5.03. The maximum Gasteiger partial charge on any atom is 0.328 e. The van der Waals surface area contributed by atoms with E-state index in [4.69, 9.17) is 9.84 Å². The van der Waals surface area contributed by atoms with Crippen molar-refractivity contribution in [2.75, 3.05) is 7.11 Å². The lowest BCUT2D eigenvalue weighted by molar-refractivity contribution is -0.131. The number of nitrogens with zero attached hydrogens (tertiary/aromatic N) is 4. The highest BCUT2D eigenvalue weighted by molar-refractivity contribution is 5.86. The van der Waals surface area contributed by atoms with Gasteiger partial charge in [-0.1, -0.05) is 0 Å². The number of tetrazole rings is 1. The highest BCUT2D eigenvalue weighted by Crippen LogP contribution is 2.21. The summed E-state index contributed by atoms with van der Waals surface area (Å²) in [5.41, 5.74) is 1.31. The number of carboxylic acids is 1. The van der Waals surface area contributed by atoms with Crippen molar-refractivity contribution < 1.29 is 14.6 Å². The zero-order valence-electron chi connectivity index (χ0n) is 9.52. The fraction of sp³-hybridized carbons (Fsp3) is 0.0909. The first kappa shape index (κ1) is 11.8. The van der Waals surface area contributed by atoms with Crippen molar-refractivity contribution in [1.29, 1.82) is 0 Å². The van der Waals surface area contributed by atoms with Crippen molar-refractivity contribution in [3.05, 3.63) is 36.2 Å². The Morgan fingerprint density at radius 3 is 2.94 bits per heavy atom. The lowest BCUT2D eigenvalue weighted by atomic mass is 10.1. The Labute approximate surface area is 102 Å². The summed E-state index contributed by atoms with van der Waals surface area (Å²) in [6.07, 6.45) is 3.93. The zero-order valence-corrected chi connectivity index (χ0v) is 9.52. The molecule has 0 amide bonds. The van der Waals surface area contributed by atoms with Gasteiger partial charge in [-0.2, -0.15) is 4.68 Å². The summed E-state index contributed by atoms with van der Waals surface area (Å²) >= 11 is 0. The summed E-state index contributed by atoms with van der Waals surface area (Å²) in [6, 6.07) is 5.20. The Bertz CT molecular complexity index is 578. The van der Waals surface area contributed by atoms with Gasteiger partial charge >= 0.3 is 5.97 Å². The highest BCUT2D eigenvalue weighted by Gasteiger charge is 2.06. The molecule has 1 N–H and O–H groups in total. The van der Waals surface area contributed by atoms with E-state index >= 15 is 0 Å². The van der Waals surface area contributed by atoms with Gasteiger partial charge < -0.3 is 9.84 Å². The number of rotatable bonds is 4. The minimum Gasteiger partial charge on any atom is -0.497 e. The lowest BCUT2D eigenvalue weighted by Gasteiger charge is -2.07.